The highest BCUT2D eigenvalue weighted by molar-refractivity contribution is 5.57. The van der Waals surface area contributed by atoms with E-state index in [2.05, 4.69) is 37.6 Å². The molecule has 1 aromatic carbocycles. The lowest BCUT2D eigenvalue weighted by molar-refractivity contribution is 0.146. The Morgan fingerprint density at radius 2 is 1.70 bits per heavy atom. The second-order valence-electron chi connectivity index (χ2n) is 8.87. The number of methoxy groups -OCH3 is 1. The van der Waals surface area contributed by atoms with E-state index in [0.717, 1.165) is 39.0 Å². The lowest BCUT2D eigenvalue weighted by Crippen LogP contribution is -2.52. The van der Waals surface area contributed by atoms with Crippen molar-refractivity contribution in [3.63, 3.8) is 0 Å². The topological polar surface area (TPSA) is 81.7 Å². The van der Waals surface area contributed by atoms with E-state index in [-0.39, 0.29) is 5.75 Å². The summed E-state index contributed by atoms with van der Waals surface area (Å²) < 4.78 is 19.2. The van der Waals surface area contributed by atoms with Crippen LogP contribution in [0.2, 0.25) is 0 Å². The van der Waals surface area contributed by atoms with E-state index in [1.165, 1.54) is 38.9 Å². The molecule has 0 atom stereocenters. The molecule has 2 heterocycles. The van der Waals surface area contributed by atoms with Crippen LogP contribution in [0.15, 0.2) is 18.2 Å². The number of hydrazine groups is 1. The summed E-state index contributed by atoms with van der Waals surface area (Å²) in [4.78, 5) is 16.3. The van der Waals surface area contributed by atoms with Gasteiger partial charge in [0.05, 0.1) is 7.11 Å². The van der Waals surface area contributed by atoms with Crippen LogP contribution in [0.25, 0.3) is 0 Å². The van der Waals surface area contributed by atoms with Gasteiger partial charge in [-0.1, -0.05) is 25.7 Å². The zero-order valence-electron chi connectivity index (χ0n) is 19.8. The molecule has 0 bridgehead atoms. The van der Waals surface area contributed by atoms with Gasteiger partial charge in [-0.05, 0) is 32.0 Å². The molecule has 0 spiro atoms. The van der Waals surface area contributed by atoms with Gasteiger partial charge < -0.3 is 20.3 Å². The molecule has 180 valence electrons. The summed E-state index contributed by atoms with van der Waals surface area (Å²) in [5.74, 6) is 1.23. The van der Waals surface area contributed by atoms with Crippen molar-refractivity contribution in [2.75, 3.05) is 63.0 Å². The fourth-order valence-electron chi connectivity index (χ4n) is 4.33. The average molecular weight is 459 g/mol. The first-order valence-electron chi connectivity index (χ1n) is 11.8. The van der Waals surface area contributed by atoms with E-state index in [1.807, 2.05) is 12.1 Å². The highest BCUT2D eigenvalue weighted by Gasteiger charge is 2.22. The average Bonchev–Trinajstić information content (AvgIpc) is 3.08. The summed E-state index contributed by atoms with van der Waals surface area (Å²) in [5, 5.41) is 10.9. The summed E-state index contributed by atoms with van der Waals surface area (Å²) in [6.45, 7) is 3.77. The molecule has 1 saturated heterocycles. The number of anilines is 4. The van der Waals surface area contributed by atoms with Gasteiger partial charge in [0.15, 0.2) is 11.6 Å². The van der Waals surface area contributed by atoms with Crippen LogP contribution in [0.5, 0.6) is 5.75 Å². The molecule has 2 aliphatic rings. The molecule has 10 heteroatoms. The Morgan fingerprint density at radius 3 is 2.36 bits per heavy atom. The third kappa shape index (κ3) is 6.20. The Kier molecular flexibility index (Phi) is 7.77. The molecule has 4 rings (SSSR count). The van der Waals surface area contributed by atoms with E-state index in [1.54, 1.807) is 12.1 Å². The SMILES string of the molecule is COc1ccc(Nc2nc(NC3CCCCCC3)nc(N(C)N3CCN(C)CC3)n2)cc1F. The largest absolute Gasteiger partial charge is 0.494 e. The van der Waals surface area contributed by atoms with Gasteiger partial charge in [-0.15, -0.1) is 0 Å². The minimum atomic E-state index is -0.442. The molecule has 1 aliphatic heterocycles. The van der Waals surface area contributed by atoms with Crippen molar-refractivity contribution in [1.82, 2.24) is 24.9 Å². The summed E-state index contributed by atoms with van der Waals surface area (Å²) in [5.41, 5.74) is 0.549. The minimum Gasteiger partial charge on any atom is -0.494 e. The third-order valence-electron chi connectivity index (χ3n) is 6.41. The highest BCUT2D eigenvalue weighted by atomic mass is 19.1. The zero-order chi connectivity index (χ0) is 23.2. The van der Waals surface area contributed by atoms with Crippen molar-refractivity contribution in [3.8, 4) is 5.75 Å². The van der Waals surface area contributed by atoms with Crippen LogP contribution < -0.4 is 20.4 Å². The standard InChI is InChI=1S/C23H35FN8O/c1-30-12-14-32(15-13-30)31(2)23-28-21(25-17-8-6-4-5-7-9-17)27-22(29-23)26-18-10-11-20(33-3)19(24)16-18/h10-11,16-17H,4-9,12-15H2,1-3H3,(H2,25,26,27,28,29). The van der Waals surface area contributed by atoms with Crippen LogP contribution in [0.4, 0.5) is 27.9 Å². The van der Waals surface area contributed by atoms with Gasteiger partial charge in [0, 0.05) is 51.0 Å². The summed E-state index contributed by atoms with van der Waals surface area (Å²) in [7, 11) is 5.56. The number of hydrogen-bond acceptors (Lipinski definition) is 9. The monoisotopic (exact) mass is 458 g/mol. The van der Waals surface area contributed by atoms with E-state index < -0.39 is 5.82 Å². The van der Waals surface area contributed by atoms with Crippen LogP contribution in [0.3, 0.4) is 0 Å². The molecule has 2 fully saturated rings. The minimum absolute atomic E-state index is 0.197. The lowest BCUT2D eigenvalue weighted by Gasteiger charge is -2.38. The number of benzene rings is 1. The Labute approximate surface area is 195 Å². The van der Waals surface area contributed by atoms with Crippen LogP contribution in [-0.2, 0) is 0 Å². The molecule has 0 radical (unpaired) electrons. The van der Waals surface area contributed by atoms with Crippen molar-refractivity contribution in [3.05, 3.63) is 24.0 Å². The normalized spacial score (nSPS) is 18.5. The van der Waals surface area contributed by atoms with Gasteiger partial charge in [-0.2, -0.15) is 15.0 Å². The predicted octanol–water partition coefficient (Wildman–Crippen LogP) is 3.50. The van der Waals surface area contributed by atoms with Gasteiger partial charge in [0.25, 0.3) is 0 Å². The Hall–Kier alpha value is -2.72. The molecule has 1 saturated carbocycles. The number of halogens is 1. The maximum Gasteiger partial charge on any atom is 0.246 e. The summed E-state index contributed by atoms with van der Waals surface area (Å²) in [6.07, 6.45) is 7.22. The number of rotatable bonds is 7. The lowest BCUT2D eigenvalue weighted by atomic mass is 10.1. The smallest absolute Gasteiger partial charge is 0.246 e. The predicted molar refractivity (Wildman–Crippen MR) is 129 cm³/mol. The molecule has 2 aromatic rings. The number of hydrogen-bond donors (Lipinski definition) is 2. The molecular formula is C23H35FN8O. The fourth-order valence-corrected chi connectivity index (χ4v) is 4.33. The van der Waals surface area contributed by atoms with Crippen molar-refractivity contribution < 1.29 is 9.13 Å². The molecule has 0 amide bonds. The molecule has 33 heavy (non-hydrogen) atoms. The molecule has 9 nitrogen and oxygen atoms in total. The molecular weight excluding hydrogens is 423 g/mol. The van der Waals surface area contributed by atoms with Crippen molar-refractivity contribution in [2.24, 2.45) is 0 Å². The second-order valence-corrected chi connectivity index (χ2v) is 8.87. The van der Waals surface area contributed by atoms with E-state index in [0.29, 0.717) is 29.6 Å². The van der Waals surface area contributed by atoms with E-state index >= 15 is 0 Å². The van der Waals surface area contributed by atoms with Crippen LogP contribution in [0.1, 0.15) is 38.5 Å². The number of likely N-dealkylation sites (N-methyl/N-ethyl adjacent to an activating group) is 1. The number of nitrogens with zero attached hydrogens (tertiary/aromatic N) is 6. The molecule has 2 N–H and O–H groups in total. The molecule has 1 aromatic heterocycles. The number of ether oxygens (including phenoxy) is 1. The Morgan fingerprint density at radius 1 is 1.00 bits per heavy atom. The van der Waals surface area contributed by atoms with Crippen LogP contribution in [0, 0.1) is 5.82 Å². The Bertz CT molecular complexity index is 913. The first kappa shape index (κ1) is 23.4. The van der Waals surface area contributed by atoms with Gasteiger partial charge in [0.2, 0.25) is 17.8 Å². The first-order chi connectivity index (χ1) is 16.0. The maximum atomic E-state index is 14.2. The van der Waals surface area contributed by atoms with Gasteiger partial charge in [-0.25, -0.2) is 9.40 Å². The molecule has 0 unspecified atom stereocenters. The maximum absolute atomic E-state index is 14.2. The number of aromatic nitrogens is 3. The Balaban J connectivity index is 1.58. The van der Waals surface area contributed by atoms with Crippen molar-refractivity contribution in [2.45, 2.75) is 44.6 Å². The van der Waals surface area contributed by atoms with Gasteiger partial charge >= 0.3 is 0 Å². The molecule has 1 aliphatic carbocycles. The van der Waals surface area contributed by atoms with Crippen LogP contribution >= 0.6 is 0 Å². The fraction of sp³-hybridized carbons (Fsp3) is 0.609. The summed E-state index contributed by atoms with van der Waals surface area (Å²) in [6, 6.07) is 5.06. The second kappa shape index (κ2) is 10.9. The van der Waals surface area contributed by atoms with Crippen molar-refractivity contribution in [1.29, 1.82) is 0 Å². The van der Waals surface area contributed by atoms with Crippen molar-refractivity contribution >= 4 is 23.5 Å². The zero-order valence-corrected chi connectivity index (χ0v) is 19.8. The van der Waals surface area contributed by atoms with Gasteiger partial charge in [0.1, 0.15) is 0 Å². The van der Waals surface area contributed by atoms with E-state index in [4.69, 9.17) is 9.72 Å². The summed E-state index contributed by atoms with van der Waals surface area (Å²) >= 11 is 0. The quantitative estimate of drug-likeness (QED) is 0.606. The van der Waals surface area contributed by atoms with Gasteiger partial charge in [-0.3, -0.25) is 5.01 Å². The highest BCUT2D eigenvalue weighted by Crippen LogP contribution is 2.25. The first-order valence-corrected chi connectivity index (χ1v) is 11.8. The third-order valence-corrected chi connectivity index (χ3v) is 6.41. The number of piperazine rings is 1. The number of nitrogens with one attached hydrogen (secondary N) is 2. The van der Waals surface area contributed by atoms with Crippen LogP contribution in [-0.4, -0.2) is 78.3 Å². The van der Waals surface area contributed by atoms with E-state index in [9.17, 15) is 4.39 Å².